The van der Waals surface area contributed by atoms with Gasteiger partial charge in [0.05, 0.1) is 29.3 Å². The van der Waals surface area contributed by atoms with E-state index in [1.165, 1.54) is 0 Å². The number of para-hydroxylation sites is 1. The molecule has 5 nitrogen and oxygen atoms in total. The number of hydrogen-bond acceptors (Lipinski definition) is 6. The fourth-order valence-electron chi connectivity index (χ4n) is 3.69. The van der Waals surface area contributed by atoms with Crippen molar-refractivity contribution in [2.75, 3.05) is 7.11 Å². The van der Waals surface area contributed by atoms with Crippen LogP contribution in [0.15, 0.2) is 65.1 Å². The Labute approximate surface area is 161 Å². The molecule has 0 fully saturated rings. The summed E-state index contributed by atoms with van der Waals surface area (Å²) in [5, 5.41) is 19.4. The molecule has 2 aromatic carbocycles. The zero-order chi connectivity index (χ0) is 18.4. The smallest absolute Gasteiger partial charge is 0.217 e. The van der Waals surface area contributed by atoms with E-state index in [1.807, 2.05) is 35.3 Å². The predicted octanol–water partition coefficient (Wildman–Crippen LogP) is 4.70. The average Bonchev–Trinajstić information content (AvgIpc) is 3.37. The number of benzene rings is 2. The van der Waals surface area contributed by atoms with Crippen LogP contribution in [0.5, 0.6) is 17.2 Å². The van der Waals surface area contributed by atoms with E-state index >= 15 is 0 Å². The van der Waals surface area contributed by atoms with E-state index < -0.39 is 6.23 Å². The molecule has 0 radical (unpaired) electrons. The molecule has 0 saturated heterocycles. The Morgan fingerprint density at radius 2 is 2.04 bits per heavy atom. The molecule has 2 aliphatic rings. The standard InChI is InChI=1S/C21H18N2O3S/c1-25-13-8-9-18(24)15(11-13)21-23-17(14-5-2-3-6-19(14)26-21)12-16(22-23)20-7-4-10-27-20/h2-11,17,21,24H,12H2,1H3. The molecule has 27 heavy (non-hydrogen) atoms. The maximum Gasteiger partial charge on any atom is 0.217 e. The molecule has 5 rings (SSSR count). The number of methoxy groups -OCH3 is 1. The molecule has 0 aliphatic carbocycles. The normalized spacial score (nSPS) is 20.5. The first-order valence-electron chi connectivity index (χ1n) is 8.77. The van der Waals surface area contributed by atoms with E-state index in [2.05, 4.69) is 17.5 Å². The highest BCUT2D eigenvalue weighted by Gasteiger charge is 2.42. The summed E-state index contributed by atoms with van der Waals surface area (Å²) in [5.74, 6) is 1.66. The Morgan fingerprint density at radius 1 is 1.15 bits per heavy atom. The second-order valence-corrected chi connectivity index (χ2v) is 7.50. The van der Waals surface area contributed by atoms with Gasteiger partial charge in [-0.3, -0.25) is 0 Å². The van der Waals surface area contributed by atoms with Gasteiger partial charge in [-0.05, 0) is 35.7 Å². The van der Waals surface area contributed by atoms with Crippen LogP contribution < -0.4 is 9.47 Å². The third-order valence-electron chi connectivity index (χ3n) is 5.01. The van der Waals surface area contributed by atoms with Crippen LogP contribution in [0, 0.1) is 0 Å². The Kier molecular flexibility index (Phi) is 3.79. The van der Waals surface area contributed by atoms with Crippen molar-refractivity contribution in [1.29, 1.82) is 0 Å². The van der Waals surface area contributed by atoms with Gasteiger partial charge in [0.15, 0.2) is 0 Å². The molecule has 3 heterocycles. The Hall–Kier alpha value is -2.99. The highest BCUT2D eigenvalue weighted by Crippen LogP contribution is 2.49. The molecule has 0 spiro atoms. The summed E-state index contributed by atoms with van der Waals surface area (Å²) in [5.41, 5.74) is 2.80. The Morgan fingerprint density at radius 3 is 2.85 bits per heavy atom. The lowest BCUT2D eigenvalue weighted by Gasteiger charge is -2.38. The number of hydrogen-bond donors (Lipinski definition) is 1. The van der Waals surface area contributed by atoms with Gasteiger partial charge in [-0.2, -0.15) is 5.10 Å². The molecule has 136 valence electrons. The molecule has 0 bridgehead atoms. The lowest BCUT2D eigenvalue weighted by Crippen LogP contribution is -2.33. The predicted molar refractivity (Wildman–Crippen MR) is 105 cm³/mol. The highest BCUT2D eigenvalue weighted by atomic mass is 32.1. The van der Waals surface area contributed by atoms with E-state index in [0.29, 0.717) is 11.3 Å². The van der Waals surface area contributed by atoms with Gasteiger partial charge in [-0.25, -0.2) is 5.01 Å². The van der Waals surface area contributed by atoms with E-state index in [1.54, 1.807) is 30.6 Å². The molecule has 1 aromatic heterocycles. The maximum atomic E-state index is 10.5. The molecule has 2 atom stereocenters. The van der Waals surface area contributed by atoms with Crippen LogP contribution in [0.1, 0.15) is 34.7 Å². The maximum absolute atomic E-state index is 10.5. The third-order valence-corrected chi connectivity index (χ3v) is 5.92. The third kappa shape index (κ3) is 2.64. The van der Waals surface area contributed by atoms with Crippen molar-refractivity contribution in [2.45, 2.75) is 18.7 Å². The molecule has 2 aliphatic heterocycles. The summed E-state index contributed by atoms with van der Waals surface area (Å²) >= 11 is 1.69. The van der Waals surface area contributed by atoms with Gasteiger partial charge < -0.3 is 14.6 Å². The van der Waals surface area contributed by atoms with Crippen LogP contribution >= 0.6 is 11.3 Å². The Balaban J connectivity index is 1.63. The zero-order valence-electron chi connectivity index (χ0n) is 14.7. The van der Waals surface area contributed by atoms with E-state index in [0.717, 1.165) is 28.3 Å². The zero-order valence-corrected chi connectivity index (χ0v) is 15.5. The summed E-state index contributed by atoms with van der Waals surface area (Å²) in [4.78, 5) is 1.16. The van der Waals surface area contributed by atoms with Crippen molar-refractivity contribution in [3.05, 3.63) is 76.0 Å². The van der Waals surface area contributed by atoms with Gasteiger partial charge in [0.2, 0.25) is 6.23 Å². The van der Waals surface area contributed by atoms with Crippen LogP contribution in [-0.4, -0.2) is 22.9 Å². The summed E-state index contributed by atoms with van der Waals surface area (Å²) in [6, 6.07) is 17.4. The van der Waals surface area contributed by atoms with Crippen molar-refractivity contribution in [3.8, 4) is 17.2 Å². The largest absolute Gasteiger partial charge is 0.507 e. The van der Waals surface area contributed by atoms with E-state index in [-0.39, 0.29) is 11.8 Å². The first-order chi connectivity index (χ1) is 13.2. The van der Waals surface area contributed by atoms with Gasteiger partial charge in [-0.1, -0.05) is 24.3 Å². The monoisotopic (exact) mass is 378 g/mol. The molecule has 2 unspecified atom stereocenters. The van der Waals surface area contributed by atoms with E-state index in [4.69, 9.17) is 14.6 Å². The van der Waals surface area contributed by atoms with Crippen LogP contribution in [-0.2, 0) is 0 Å². The summed E-state index contributed by atoms with van der Waals surface area (Å²) in [6.07, 6.45) is 0.291. The first-order valence-corrected chi connectivity index (χ1v) is 9.65. The van der Waals surface area contributed by atoms with Crippen molar-refractivity contribution < 1.29 is 14.6 Å². The molecular weight excluding hydrogens is 360 g/mol. The topological polar surface area (TPSA) is 54.3 Å². The number of nitrogens with zero attached hydrogens (tertiary/aromatic N) is 2. The summed E-state index contributed by atoms with van der Waals surface area (Å²) in [7, 11) is 1.61. The van der Waals surface area contributed by atoms with Gasteiger partial charge >= 0.3 is 0 Å². The lowest BCUT2D eigenvalue weighted by molar-refractivity contribution is -0.0204. The van der Waals surface area contributed by atoms with Gasteiger partial charge in [0.25, 0.3) is 0 Å². The van der Waals surface area contributed by atoms with E-state index in [9.17, 15) is 5.11 Å². The number of hydrazone groups is 1. The molecule has 3 aromatic rings. The van der Waals surface area contributed by atoms with Crippen LogP contribution in [0.25, 0.3) is 0 Å². The number of phenols is 1. The number of rotatable bonds is 3. The van der Waals surface area contributed by atoms with Crippen molar-refractivity contribution >= 4 is 17.0 Å². The van der Waals surface area contributed by atoms with Crippen molar-refractivity contribution in [3.63, 3.8) is 0 Å². The van der Waals surface area contributed by atoms with Gasteiger partial charge in [0, 0.05) is 12.0 Å². The van der Waals surface area contributed by atoms with Gasteiger partial charge in [0.1, 0.15) is 17.2 Å². The summed E-state index contributed by atoms with van der Waals surface area (Å²) < 4.78 is 11.6. The summed E-state index contributed by atoms with van der Waals surface area (Å²) in [6.45, 7) is 0. The minimum absolute atomic E-state index is 0.0719. The minimum Gasteiger partial charge on any atom is -0.507 e. The average molecular weight is 378 g/mol. The lowest BCUT2D eigenvalue weighted by atomic mass is 9.97. The second kappa shape index (κ2) is 6.32. The van der Waals surface area contributed by atoms with Crippen molar-refractivity contribution in [2.24, 2.45) is 5.10 Å². The quantitative estimate of drug-likeness (QED) is 0.717. The number of aromatic hydroxyl groups is 1. The number of thiophene rings is 1. The fraction of sp³-hybridized carbons (Fsp3) is 0.190. The molecule has 6 heteroatoms. The SMILES string of the molecule is COc1ccc(O)c(C2Oc3ccccc3C3CC(c4cccs4)=NN32)c1. The molecule has 0 saturated carbocycles. The van der Waals surface area contributed by atoms with Crippen LogP contribution in [0.2, 0.25) is 0 Å². The molecule has 0 amide bonds. The fourth-order valence-corrected chi connectivity index (χ4v) is 4.41. The highest BCUT2D eigenvalue weighted by molar-refractivity contribution is 7.12. The number of phenolic OH excluding ortho intramolecular Hbond substituents is 1. The van der Waals surface area contributed by atoms with Crippen molar-refractivity contribution in [1.82, 2.24) is 5.01 Å². The number of ether oxygens (including phenoxy) is 2. The number of fused-ring (bicyclic) bond motifs is 3. The second-order valence-electron chi connectivity index (χ2n) is 6.56. The van der Waals surface area contributed by atoms with Crippen LogP contribution in [0.3, 0.4) is 0 Å². The Bertz CT molecular complexity index is 1020. The molecular formula is C21H18N2O3S. The minimum atomic E-state index is -0.516. The molecule has 1 N–H and O–H groups in total. The van der Waals surface area contributed by atoms with Gasteiger partial charge in [-0.15, -0.1) is 11.3 Å². The first kappa shape index (κ1) is 16.2. The van der Waals surface area contributed by atoms with Crippen LogP contribution in [0.4, 0.5) is 0 Å².